The summed E-state index contributed by atoms with van der Waals surface area (Å²) < 4.78 is 0. The quantitative estimate of drug-likeness (QED) is 0.258. The van der Waals surface area contributed by atoms with E-state index in [0.29, 0.717) is 17.8 Å². The fourth-order valence-corrected chi connectivity index (χ4v) is 1.33. The minimum absolute atomic E-state index is 0.0694. The molecule has 0 aliphatic heterocycles. The first-order valence-corrected chi connectivity index (χ1v) is 14.5. The highest BCUT2D eigenvalue weighted by molar-refractivity contribution is 5.05. The molecule has 0 aromatic rings. The Bertz CT molecular complexity index is 869. The van der Waals surface area contributed by atoms with Crippen LogP contribution in [0.2, 0.25) is 0 Å². The van der Waals surface area contributed by atoms with Crippen molar-refractivity contribution in [1.29, 1.82) is 0 Å². The molecule has 0 heteroatoms. The van der Waals surface area contributed by atoms with E-state index in [-0.39, 0.29) is 16.2 Å². The summed E-state index contributed by atoms with van der Waals surface area (Å²) in [5, 5.41) is 0. The van der Waals surface area contributed by atoms with Crippen molar-refractivity contribution in [3.05, 3.63) is 0 Å². The fraction of sp³-hybridized carbons (Fsp3) is 0.659. The lowest BCUT2D eigenvalue weighted by atomic mass is 9.98. The Labute approximate surface area is 262 Å². The van der Waals surface area contributed by atoms with Gasteiger partial charge < -0.3 is 0 Å². The van der Waals surface area contributed by atoms with Gasteiger partial charge in [0.25, 0.3) is 0 Å². The van der Waals surface area contributed by atoms with Gasteiger partial charge in [-0.1, -0.05) is 60.3 Å². The molecule has 0 N–H and O–H groups in total. The van der Waals surface area contributed by atoms with Gasteiger partial charge in [0, 0.05) is 40.4 Å². The third kappa shape index (κ3) is 157. The van der Waals surface area contributed by atoms with Crippen LogP contribution in [0.5, 0.6) is 0 Å². The van der Waals surface area contributed by atoms with Gasteiger partial charge in [0.1, 0.15) is 0 Å². The monoisotopic (exact) mass is 561 g/mol. The average Bonchev–Trinajstić information content (AvgIpc) is 2.79. The third-order valence-electron chi connectivity index (χ3n) is 2.84. The topological polar surface area (TPSA) is 0 Å². The Morgan fingerprint density at radius 3 is 0.707 bits per heavy atom. The van der Waals surface area contributed by atoms with E-state index in [1.54, 1.807) is 0 Å². The van der Waals surface area contributed by atoms with Crippen molar-refractivity contribution in [3.8, 4) is 84.4 Å². The van der Waals surface area contributed by atoms with Crippen LogP contribution in [-0.4, -0.2) is 0 Å². The van der Waals surface area contributed by atoms with Gasteiger partial charge in [0.05, 0.1) is 0 Å². The molecule has 0 aliphatic rings. The second kappa shape index (κ2) is 36.9. The van der Waals surface area contributed by atoms with E-state index in [4.69, 9.17) is 19.3 Å². The molecule has 0 atom stereocenters. The predicted molar refractivity (Wildman–Crippen MR) is 193 cm³/mol. The lowest BCUT2D eigenvalue weighted by Gasteiger charge is -2.05. The first-order valence-electron chi connectivity index (χ1n) is 14.5. The van der Waals surface area contributed by atoms with E-state index >= 15 is 0 Å². The molecule has 0 unspecified atom stereocenters. The van der Waals surface area contributed by atoms with Crippen molar-refractivity contribution >= 4 is 0 Å². The summed E-state index contributed by atoms with van der Waals surface area (Å²) in [6.07, 6.45) is 15.6. The molecule has 0 rings (SSSR count). The van der Waals surface area contributed by atoms with Crippen LogP contribution >= 0.6 is 0 Å². The van der Waals surface area contributed by atoms with Crippen LogP contribution in [0.1, 0.15) is 145 Å². The first-order chi connectivity index (χ1) is 18.4. The Morgan fingerprint density at radius 2 is 0.707 bits per heavy atom. The molecular weight excluding hydrogens is 492 g/mol. The van der Waals surface area contributed by atoms with Crippen LogP contribution in [-0.2, 0) is 0 Å². The summed E-state index contributed by atoms with van der Waals surface area (Å²) in [7, 11) is 0. The maximum absolute atomic E-state index is 5.06. The highest BCUT2D eigenvalue weighted by Crippen LogP contribution is 2.09. The first kappa shape index (κ1) is 54.1. The van der Waals surface area contributed by atoms with Crippen molar-refractivity contribution in [3.63, 3.8) is 0 Å². The van der Waals surface area contributed by atoms with Crippen LogP contribution in [0.4, 0.5) is 0 Å². The number of terminal acetylenes is 3. The molecule has 0 aromatic carbocycles. The number of hydrogen-bond acceptors (Lipinski definition) is 0. The average molecular weight is 561 g/mol. The number of rotatable bonds is 0. The normalized spacial score (nSPS) is 8.39. The highest BCUT2D eigenvalue weighted by Gasteiger charge is 2.02. The Hall–Kier alpha value is -3.08. The lowest BCUT2D eigenvalue weighted by molar-refractivity contribution is 0.570. The van der Waals surface area contributed by atoms with Gasteiger partial charge >= 0.3 is 0 Å². The highest BCUT2D eigenvalue weighted by atomic mass is 14.1. The van der Waals surface area contributed by atoms with Crippen molar-refractivity contribution in [2.75, 3.05) is 0 Å². The van der Waals surface area contributed by atoms with E-state index < -0.39 is 0 Å². The van der Waals surface area contributed by atoms with Crippen molar-refractivity contribution < 1.29 is 0 Å². The molecule has 0 fully saturated rings. The molecule has 0 heterocycles. The van der Waals surface area contributed by atoms with Crippen LogP contribution in [0, 0.1) is 118 Å². The Kier molecular flexibility index (Phi) is 48.7. The standard InChI is InChI=1S/2C7H12.3C6H10.C5H8.C4H6/c2*1-5-6-7(2,3)4;1-5-6(2,3)4;2*1-4-5-6(2)3;1-4-5(2)3;1-3-4-2/h2*1-4H3;1H,2-4H3;2*6H,1-3H3;1,5H,2-3H3;1H,4H2,2H3. The van der Waals surface area contributed by atoms with E-state index in [2.05, 4.69) is 134 Å². The third-order valence-corrected chi connectivity index (χ3v) is 2.84. The van der Waals surface area contributed by atoms with Gasteiger partial charge in [0.2, 0.25) is 0 Å². The van der Waals surface area contributed by atoms with Crippen molar-refractivity contribution in [1.82, 2.24) is 0 Å². The van der Waals surface area contributed by atoms with Crippen LogP contribution in [0.25, 0.3) is 0 Å². The molecule has 0 saturated heterocycles. The SMILES string of the molecule is C#CC(C)(C)C.C#CC(C)C.C#CCC.CC#CC(C)(C)C.CC#CC(C)(C)C.CC#CC(C)C.CC#CC(C)C. The summed E-state index contributed by atoms with van der Waals surface area (Å²) in [4.78, 5) is 0. The minimum Gasteiger partial charge on any atom is -0.120 e. The smallest absolute Gasteiger partial charge is 0.0230 e. The van der Waals surface area contributed by atoms with E-state index in [1.807, 2.05) is 69.2 Å². The van der Waals surface area contributed by atoms with Crippen LogP contribution in [0.3, 0.4) is 0 Å². The van der Waals surface area contributed by atoms with Crippen molar-refractivity contribution in [2.24, 2.45) is 34.0 Å². The molecule has 0 nitrogen and oxygen atoms in total. The van der Waals surface area contributed by atoms with E-state index in [9.17, 15) is 0 Å². The zero-order valence-corrected chi connectivity index (χ0v) is 31.2. The molecule has 41 heavy (non-hydrogen) atoms. The molecule has 0 radical (unpaired) electrons. The fourth-order valence-electron chi connectivity index (χ4n) is 1.33. The zero-order chi connectivity index (χ0) is 34.7. The van der Waals surface area contributed by atoms with Gasteiger partial charge in [-0.3, -0.25) is 0 Å². The molecule has 0 saturated carbocycles. The predicted octanol–water partition coefficient (Wildman–Crippen LogP) is 11.4. The van der Waals surface area contributed by atoms with E-state index in [0.717, 1.165) is 6.42 Å². The summed E-state index contributed by atoms with van der Waals surface area (Å²) in [6, 6.07) is 0. The molecular formula is C41H68. The molecule has 0 aliphatic carbocycles. The molecule has 0 amide bonds. The lowest BCUT2D eigenvalue weighted by Crippen LogP contribution is -1.98. The maximum atomic E-state index is 5.06. The number of hydrogen-bond donors (Lipinski definition) is 0. The van der Waals surface area contributed by atoms with E-state index in [1.165, 1.54) is 0 Å². The maximum Gasteiger partial charge on any atom is 0.0230 e. The molecule has 0 spiro atoms. The summed E-state index contributed by atoms with van der Waals surface area (Å²) in [5.74, 6) is 32.4. The van der Waals surface area contributed by atoms with Crippen LogP contribution < -0.4 is 0 Å². The van der Waals surface area contributed by atoms with Crippen LogP contribution in [0.15, 0.2) is 0 Å². The van der Waals surface area contributed by atoms with Gasteiger partial charge in [0.15, 0.2) is 0 Å². The van der Waals surface area contributed by atoms with Gasteiger partial charge in [-0.15, -0.1) is 72.6 Å². The largest absolute Gasteiger partial charge is 0.120 e. The van der Waals surface area contributed by atoms with Gasteiger partial charge in [-0.25, -0.2) is 0 Å². The summed E-state index contributed by atoms with van der Waals surface area (Å²) in [6.45, 7) is 40.3. The van der Waals surface area contributed by atoms with Gasteiger partial charge in [-0.05, 0) is 90.0 Å². The molecule has 0 bridgehead atoms. The Morgan fingerprint density at radius 1 is 0.488 bits per heavy atom. The zero-order valence-electron chi connectivity index (χ0n) is 31.2. The summed E-state index contributed by atoms with van der Waals surface area (Å²) >= 11 is 0. The second-order valence-corrected chi connectivity index (χ2v) is 12.6. The molecule has 0 aromatic heterocycles. The van der Waals surface area contributed by atoms with Gasteiger partial charge in [-0.2, -0.15) is 0 Å². The minimum atomic E-state index is 0.0694. The summed E-state index contributed by atoms with van der Waals surface area (Å²) in [5.41, 5.74) is 0.448. The Balaban J connectivity index is -0.0000000662. The second-order valence-electron chi connectivity index (χ2n) is 12.6. The van der Waals surface area contributed by atoms with Crippen molar-refractivity contribution in [2.45, 2.75) is 145 Å². The molecule has 232 valence electrons.